The standard InChI is InChI=1S/C24H23N3O4/c1-3-25(20-11-7-5-8-12-20)23(28)18-15-19(17-22(16-18)27(30)31)24(29)26(4-2)21-13-9-6-10-14-21/h5-17H,3-4H2,1-2H3. The molecule has 0 saturated heterocycles. The fourth-order valence-electron chi connectivity index (χ4n) is 3.38. The number of benzene rings is 3. The Morgan fingerprint density at radius 2 is 1.13 bits per heavy atom. The molecule has 0 aromatic heterocycles. The fourth-order valence-corrected chi connectivity index (χ4v) is 3.38. The molecule has 0 radical (unpaired) electrons. The summed E-state index contributed by atoms with van der Waals surface area (Å²) in [4.78, 5) is 40.4. The molecule has 0 heterocycles. The maximum Gasteiger partial charge on any atom is 0.271 e. The Bertz CT molecular complexity index is 1010. The number of rotatable bonds is 7. The lowest BCUT2D eigenvalue weighted by Crippen LogP contribution is -2.32. The Balaban J connectivity index is 2.04. The zero-order valence-electron chi connectivity index (χ0n) is 17.4. The topological polar surface area (TPSA) is 83.8 Å². The molecule has 7 nitrogen and oxygen atoms in total. The predicted octanol–water partition coefficient (Wildman–Crippen LogP) is 4.93. The third kappa shape index (κ3) is 4.78. The van der Waals surface area contributed by atoms with Gasteiger partial charge in [0.25, 0.3) is 17.5 Å². The molecule has 0 unspecified atom stereocenters. The molecule has 0 atom stereocenters. The van der Waals surface area contributed by atoms with Crippen molar-refractivity contribution in [2.24, 2.45) is 0 Å². The highest BCUT2D eigenvalue weighted by Crippen LogP contribution is 2.24. The highest BCUT2D eigenvalue weighted by Gasteiger charge is 2.24. The Hall–Kier alpha value is -4.00. The van der Waals surface area contributed by atoms with Crippen LogP contribution in [0.2, 0.25) is 0 Å². The molecule has 0 aliphatic carbocycles. The summed E-state index contributed by atoms with van der Waals surface area (Å²) in [6.07, 6.45) is 0. The third-order valence-corrected chi connectivity index (χ3v) is 4.88. The van der Waals surface area contributed by atoms with Crippen LogP contribution in [0, 0.1) is 10.1 Å². The first-order valence-corrected chi connectivity index (χ1v) is 9.99. The second kappa shape index (κ2) is 9.67. The van der Waals surface area contributed by atoms with Crippen LogP contribution in [0.1, 0.15) is 34.6 Å². The molecule has 0 aliphatic heterocycles. The van der Waals surface area contributed by atoms with Crippen LogP contribution in [-0.4, -0.2) is 29.8 Å². The minimum absolute atomic E-state index is 0.0902. The molecule has 3 rings (SSSR count). The summed E-state index contributed by atoms with van der Waals surface area (Å²) in [7, 11) is 0. The minimum atomic E-state index is -0.592. The van der Waals surface area contributed by atoms with Gasteiger partial charge in [0.15, 0.2) is 0 Å². The predicted molar refractivity (Wildman–Crippen MR) is 121 cm³/mol. The zero-order chi connectivity index (χ0) is 22.4. The molecule has 0 aliphatic rings. The van der Waals surface area contributed by atoms with Crippen molar-refractivity contribution in [2.75, 3.05) is 22.9 Å². The quantitative estimate of drug-likeness (QED) is 0.403. The molecule has 0 fully saturated rings. The number of para-hydroxylation sites is 2. The molecule has 3 aromatic carbocycles. The highest BCUT2D eigenvalue weighted by molar-refractivity contribution is 6.11. The van der Waals surface area contributed by atoms with Crippen LogP contribution in [0.15, 0.2) is 78.9 Å². The summed E-state index contributed by atoms with van der Waals surface area (Å²) in [5, 5.41) is 11.5. The molecule has 158 valence electrons. The maximum absolute atomic E-state index is 13.2. The second-order valence-electron chi connectivity index (χ2n) is 6.80. The van der Waals surface area contributed by atoms with E-state index >= 15 is 0 Å². The van der Waals surface area contributed by atoms with Gasteiger partial charge in [0, 0.05) is 47.7 Å². The van der Waals surface area contributed by atoms with E-state index in [1.165, 1.54) is 28.0 Å². The van der Waals surface area contributed by atoms with E-state index in [-0.39, 0.29) is 16.8 Å². The average molecular weight is 417 g/mol. The summed E-state index contributed by atoms with van der Waals surface area (Å²) in [6.45, 7) is 4.39. The molecule has 0 N–H and O–H groups in total. The molecule has 0 spiro atoms. The van der Waals surface area contributed by atoms with Crippen LogP contribution in [0.5, 0.6) is 0 Å². The Kier molecular flexibility index (Phi) is 6.77. The van der Waals surface area contributed by atoms with E-state index in [0.29, 0.717) is 24.5 Å². The Morgan fingerprint density at radius 3 is 1.45 bits per heavy atom. The molecule has 0 bridgehead atoms. The number of nitro benzene ring substituents is 1. The second-order valence-corrected chi connectivity index (χ2v) is 6.80. The summed E-state index contributed by atoms with van der Waals surface area (Å²) >= 11 is 0. The maximum atomic E-state index is 13.2. The van der Waals surface area contributed by atoms with Crippen LogP contribution in [0.25, 0.3) is 0 Å². The number of anilines is 2. The Labute approximate surface area is 180 Å². The van der Waals surface area contributed by atoms with Gasteiger partial charge in [0.05, 0.1) is 4.92 Å². The van der Waals surface area contributed by atoms with Gasteiger partial charge in [-0.05, 0) is 44.2 Å². The average Bonchev–Trinajstić information content (AvgIpc) is 2.81. The lowest BCUT2D eigenvalue weighted by atomic mass is 10.1. The van der Waals surface area contributed by atoms with E-state index in [2.05, 4.69) is 0 Å². The number of non-ortho nitro benzene ring substituents is 1. The number of amides is 2. The van der Waals surface area contributed by atoms with E-state index in [9.17, 15) is 19.7 Å². The number of hydrogen-bond donors (Lipinski definition) is 0. The van der Waals surface area contributed by atoms with Crippen molar-refractivity contribution in [1.82, 2.24) is 0 Å². The van der Waals surface area contributed by atoms with Crippen LogP contribution in [0.3, 0.4) is 0 Å². The van der Waals surface area contributed by atoms with Crippen molar-refractivity contribution < 1.29 is 14.5 Å². The van der Waals surface area contributed by atoms with E-state index in [1.807, 2.05) is 50.2 Å². The molecule has 3 aromatic rings. The summed E-state index contributed by atoms with van der Waals surface area (Å²) < 4.78 is 0. The Morgan fingerprint density at radius 1 is 0.742 bits per heavy atom. The van der Waals surface area contributed by atoms with Gasteiger partial charge >= 0.3 is 0 Å². The zero-order valence-corrected chi connectivity index (χ0v) is 17.4. The van der Waals surface area contributed by atoms with Crippen molar-refractivity contribution in [3.05, 3.63) is 100 Å². The number of carbonyl (C=O) groups excluding carboxylic acids is 2. The van der Waals surface area contributed by atoms with E-state index < -0.39 is 16.7 Å². The lowest BCUT2D eigenvalue weighted by molar-refractivity contribution is -0.384. The largest absolute Gasteiger partial charge is 0.309 e. The number of carbonyl (C=O) groups is 2. The minimum Gasteiger partial charge on any atom is -0.309 e. The monoisotopic (exact) mass is 417 g/mol. The van der Waals surface area contributed by atoms with Gasteiger partial charge in [0.1, 0.15) is 0 Å². The van der Waals surface area contributed by atoms with Crippen molar-refractivity contribution in [3.8, 4) is 0 Å². The van der Waals surface area contributed by atoms with Crippen molar-refractivity contribution in [1.29, 1.82) is 0 Å². The normalized spacial score (nSPS) is 10.4. The summed E-state index contributed by atoms with van der Waals surface area (Å²) in [6, 6.07) is 21.9. The van der Waals surface area contributed by atoms with Gasteiger partial charge in [-0.15, -0.1) is 0 Å². The van der Waals surface area contributed by atoms with Crippen LogP contribution in [0.4, 0.5) is 17.1 Å². The van der Waals surface area contributed by atoms with E-state index in [0.717, 1.165) is 0 Å². The number of nitro groups is 1. The molecule has 31 heavy (non-hydrogen) atoms. The fraction of sp³-hybridized carbons (Fsp3) is 0.167. The molecule has 0 saturated carbocycles. The van der Waals surface area contributed by atoms with Crippen LogP contribution >= 0.6 is 0 Å². The van der Waals surface area contributed by atoms with Gasteiger partial charge in [-0.1, -0.05) is 36.4 Å². The molecule has 2 amide bonds. The highest BCUT2D eigenvalue weighted by atomic mass is 16.6. The van der Waals surface area contributed by atoms with Crippen LogP contribution in [-0.2, 0) is 0 Å². The first-order chi connectivity index (χ1) is 15.0. The summed E-state index contributed by atoms with van der Waals surface area (Å²) in [5.41, 5.74) is 1.23. The summed E-state index contributed by atoms with van der Waals surface area (Å²) in [5.74, 6) is -0.816. The van der Waals surface area contributed by atoms with Crippen molar-refractivity contribution >= 4 is 28.9 Å². The number of hydrogen-bond acceptors (Lipinski definition) is 4. The first kappa shape index (κ1) is 21.7. The third-order valence-electron chi connectivity index (χ3n) is 4.88. The van der Waals surface area contributed by atoms with Gasteiger partial charge in [-0.3, -0.25) is 19.7 Å². The molecule has 7 heteroatoms. The van der Waals surface area contributed by atoms with Gasteiger partial charge in [0.2, 0.25) is 0 Å². The molecular formula is C24H23N3O4. The number of nitrogens with zero attached hydrogens (tertiary/aromatic N) is 3. The van der Waals surface area contributed by atoms with Crippen molar-refractivity contribution in [2.45, 2.75) is 13.8 Å². The SMILES string of the molecule is CCN(C(=O)c1cc(C(=O)N(CC)c2ccccc2)cc([N+](=O)[O-])c1)c1ccccc1. The van der Waals surface area contributed by atoms with Gasteiger partial charge in [-0.25, -0.2) is 0 Å². The smallest absolute Gasteiger partial charge is 0.271 e. The van der Waals surface area contributed by atoms with E-state index in [1.54, 1.807) is 24.3 Å². The first-order valence-electron chi connectivity index (χ1n) is 9.99. The van der Waals surface area contributed by atoms with Crippen molar-refractivity contribution in [3.63, 3.8) is 0 Å². The lowest BCUT2D eigenvalue weighted by Gasteiger charge is -2.23. The van der Waals surface area contributed by atoms with Gasteiger partial charge < -0.3 is 9.80 Å². The van der Waals surface area contributed by atoms with Gasteiger partial charge in [-0.2, -0.15) is 0 Å². The van der Waals surface area contributed by atoms with E-state index in [4.69, 9.17) is 0 Å². The molecular weight excluding hydrogens is 394 g/mol. The van der Waals surface area contributed by atoms with Crippen LogP contribution < -0.4 is 9.80 Å².